The summed E-state index contributed by atoms with van der Waals surface area (Å²) in [6.45, 7) is 6.34. The molecule has 0 spiro atoms. The molecule has 0 bridgehead atoms. The van der Waals surface area contributed by atoms with Crippen molar-refractivity contribution in [1.82, 2.24) is 5.32 Å². The highest BCUT2D eigenvalue weighted by atomic mass is 35.5. The number of ether oxygens (including phenoxy) is 1. The summed E-state index contributed by atoms with van der Waals surface area (Å²) >= 11 is 6.10. The van der Waals surface area contributed by atoms with Gasteiger partial charge in [-0.1, -0.05) is 54.4 Å². The molecular formula is C19H22ClNO2. The Kier molecular flexibility index (Phi) is 6.05. The van der Waals surface area contributed by atoms with E-state index < -0.39 is 6.10 Å². The lowest BCUT2D eigenvalue weighted by Gasteiger charge is -2.19. The van der Waals surface area contributed by atoms with Gasteiger partial charge in [-0.15, -0.1) is 0 Å². The molecule has 0 saturated heterocycles. The van der Waals surface area contributed by atoms with Gasteiger partial charge in [0, 0.05) is 11.6 Å². The van der Waals surface area contributed by atoms with Crippen LogP contribution in [0.4, 0.5) is 0 Å². The highest BCUT2D eigenvalue weighted by molar-refractivity contribution is 6.31. The predicted octanol–water partition coefficient (Wildman–Crippen LogP) is 4.43. The first-order valence-corrected chi connectivity index (χ1v) is 8.14. The highest BCUT2D eigenvalue weighted by Crippen LogP contribution is 2.21. The minimum absolute atomic E-state index is 0.132. The second kappa shape index (κ2) is 8.02. The summed E-state index contributed by atoms with van der Waals surface area (Å²) in [7, 11) is 0. The molecule has 122 valence electrons. The van der Waals surface area contributed by atoms with Gasteiger partial charge in [-0.2, -0.15) is 0 Å². The number of hydrogen-bond acceptors (Lipinski definition) is 2. The van der Waals surface area contributed by atoms with Crippen molar-refractivity contribution in [2.45, 2.75) is 39.8 Å². The second-order valence-corrected chi connectivity index (χ2v) is 6.00. The minimum atomic E-state index is -0.515. The third kappa shape index (κ3) is 4.73. The molecule has 0 fully saturated rings. The quantitative estimate of drug-likeness (QED) is 0.850. The van der Waals surface area contributed by atoms with Gasteiger partial charge in [-0.05, 0) is 43.5 Å². The summed E-state index contributed by atoms with van der Waals surface area (Å²) in [5.74, 6) is 0.614. The Morgan fingerprint density at radius 3 is 2.61 bits per heavy atom. The summed E-state index contributed by atoms with van der Waals surface area (Å²) in [4.78, 5) is 12.4. The summed E-state index contributed by atoms with van der Waals surface area (Å²) in [5.41, 5.74) is 3.09. The van der Waals surface area contributed by atoms with Crippen molar-refractivity contribution in [2.24, 2.45) is 0 Å². The van der Waals surface area contributed by atoms with Crippen molar-refractivity contribution in [2.75, 3.05) is 0 Å². The number of aryl methyl sites for hydroxylation is 2. The van der Waals surface area contributed by atoms with Crippen molar-refractivity contribution < 1.29 is 9.53 Å². The third-order valence-corrected chi connectivity index (χ3v) is 4.04. The molecule has 4 heteroatoms. The zero-order valence-corrected chi connectivity index (χ0v) is 14.5. The van der Waals surface area contributed by atoms with Crippen LogP contribution in [0.15, 0.2) is 42.5 Å². The first-order valence-electron chi connectivity index (χ1n) is 7.76. The summed E-state index contributed by atoms with van der Waals surface area (Å²) in [6.07, 6.45) is 0.0840. The van der Waals surface area contributed by atoms with E-state index in [-0.39, 0.29) is 5.91 Å². The Hall–Kier alpha value is -2.00. The van der Waals surface area contributed by atoms with Crippen LogP contribution < -0.4 is 10.1 Å². The van der Waals surface area contributed by atoms with Crippen LogP contribution in [0.5, 0.6) is 5.75 Å². The van der Waals surface area contributed by atoms with E-state index in [1.165, 1.54) is 5.56 Å². The molecule has 3 nitrogen and oxygen atoms in total. The minimum Gasteiger partial charge on any atom is -0.480 e. The third-order valence-electron chi connectivity index (χ3n) is 3.67. The number of carbonyl (C=O) groups is 1. The molecule has 0 aromatic heterocycles. The maximum Gasteiger partial charge on any atom is 0.261 e. The van der Waals surface area contributed by atoms with Crippen molar-refractivity contribution in [3.8, 4) is 5.75 Å². The number of nitrogens with one attached hydrogen (secondary N) is 1. The van der Waals surface area contributed by atoms with Gasteiger partial charge in [0.25, 0.3) is 5.91 Å². The van der Waals surface area contributed by atoms with Gasteiger partial charge in [0.2, 0.25) is 0 Å². The molecule has 0 radical (unpaired) electrons. The zero-order chi connectivity index (χ0) is 16.8. The largest absolute Gasteiger partial charge is 0.480 e. The highest BCUT2D eigenvalue weighted by Gasteiger charge is 2.19. The van der Waals surface area contributed by atoms with Crippen LogP contribution in [0, 0.1) is 13.8 Å². The maximum absolute atomic E-state index is 12.4. The molecule has 1 N–H and O–H groups in total. The van der Waals surface area contributed by atoms with Crippen molar-refractivity contribution >= 4 is 17.5 Å². The number of carbonyl (C=O) groups excluding carboxylic acids is 1. The molecule has 0 aliphatic heterocycles. The molecule has 0 heterocycles. The van der Waals surface area contributed by atoms with Crippen LogP contribution in [-0.2, 0) is 11.3 Å². The molecular weight excluding hydrogens is 310 g/mol. The van der Waals surface area contributed by atoms with Gasteiger partial charge in [-0.3, -0.25) is 4.79 Å². The van der Waals surface area contributed by atoms with Crippen LogP contribution in [0.25, 0.3) is 0 Å². The Labute approximate surface area is 142 Å². The molecule has 1 atom stereocenters. The number of halogens is 1. The van der Waals surface area contributed by atoms with E-state index >= 15 is 0 Å². The Balaban J connectivity index is 2.00. The number of benzene rings is 2. The normalized spacial score (nSPS) is 11.8. The van der Waals surface area contributed by atoms with E-state index in [1.54, 1.807) is 0 Å². The summed E-state index contributed by atoms with van der Waals surface area (Å²) < 4.78 is 5.88. The molecule has 23 heavy (non-hydrogen) atoms. The molecule has 1 unspecified atom stereocenters. The van der Waals surface area contributed by atoms with Crippen LogP contribution in [0.3, 0.4) is 0 Å². The molecule has 0 aliphatic carbocycles. The van der Waals surface area contributed by atoms with Crippen LogP contribution in [0.2, 0.25) is 5.02 Å². The average molecular weight is 332 g/mol. The Morgan fingerprint density at radius 2 is 1.96 bits per heavy atom. The Morgan fingerprint density at radius 1 is 1.22 bits per heavy atom. The van der Waals surface area contributed by atoms with Gasteiger partial charge < -0.3 is 10.1 Å². The molecule has 2 rings (SSSR count). The van der Waals surface area contributed by atoms with E-state index in [9.17, 15) is 4.79 Å². The van der Waals surface area contributed by atoms with Gasteiger partial charge in [0.1, 0.15) is 5.75 Å². The van der Waals surface area contributed by atoms with E-state index in [1.807, 2.05) is 63.2 Å². The first kappa shape index (κ1) is 17.4. The molecule has 1 amide bonds. The van der Waals surface area contributed by atoms with E-state index in [0.717, 1.165) is 16.9 Å². The molecule has 0 saturated carbocycles. The average Bonchev–Trinajstić information content (AvgIpc) is 2.53. The van der Waals surface area contributed by atoms with E-state index in [0.29, 0.717) is 18.0 Å². The fraction of sp³-hybridized carbons (Fsp3) is 0.316. The zero-order valence-electron chi connectivity index (χ0n) is 13.7. The number of rotatable bonds is 6. The van der Waals surface area contributed by atoms with Crippen molar-refractivity contribution in [3.05, 3.63) is 64.2 Å². The maximum atomic E-state index is 12.4. The monoisotopic (exact) mass is 331 g/mol. The summed E-state index contributed by atoms with van der Waals surface area (Å²) in [6, 6.07) is 13.4. The summed E-state index contributed by atoms with van der Waals surface area (Å²) in [5, 5.41) is 3.54. The number of amides is 1. The van der Waals surface area contributed by atoms with Gasteiger partial charge in [0.05, 0.1) is 0 Å². The van der Waals surface area contributed by atoms with Gasteiger partial charge in [-0.25, -0.2) is 0 Å². The van der Waals surface area contributed by atoms with Crippen LogP contribution >= 0.6 is 11.6 Å². The lowest BCUT2D eigenvalue weighted by Crippen LogP contribution is -2.37. The number of hydrogen-bond donors (Lipinski definition) is 1. The Bertz CT molecular complexity index is 685. The molecule has 0 aliphatic rings. The van der Waals surface area contributed by atoms with E-state index in [2.05, 4.69) is 5.32 Å². The molecule has 2 aromatic rings. The molecule has 2 aromatic carbocycles. The first-order chi connectivity index (χ1) is 11.0. The smallest absolute Gasteiger partial charge is 0.261 e. The fourth-order valence-electron chi connectivity index (χ4n) is 2.35. The van der Waals surface area contributed by atoms with Gasteiger partial charge in [0.15, 0.2) is 6.10 Å². The van der Waals surface area contributed by atoms with Crippen molar-refractivity contribution in [3.63, 3.8) is 0 Å². The van der Waals surface area contributed by atoms with Gasteiger partial charge >= 0.3 is 0 Å². The predicted molar refractivity (Wildman–Crippen MR) is 93.9 cm³/mol. The standard InChI is InChI=1S/C19H22ClNO2/c1-4-17(23-18-10-9-13(2)11-14(18)3)19(22)21-12-15-7-5-6-8-16(15)20/h5-11,17H,4,12H2,1-3H3,(H,21,22). The van der Waals surface area contributed by atoms with Crippen LogP contribution in [0.1, 0.15) is 30.0 Å². The van der Waals surface area contributed by atoms with E-state index in [4.69, 9.17) is 16.3 Å². The van der Waals surface area contributed by atoms with Crippen molar-refractivity contribution in [1.29, 1.82) is 0 Å². The lowest BCUT2D eigenvalue weighted by molar-refractivity contribution is -0.128. The SMILES string of the molecule is CCC(Oc1ccc(C)cc1C)C(=O)NCc1ccccc1Cl. The fourth-order valence-corrected chi connectivity index (χ4v) is 2.55. The van der Waals surface area contributed by atoms with Crippen LogP contribution in [-0.4, -0.2) is 12.0 Å². The topological polar surface area (TPSA) is 38.3 Å². The lowest BCUT2D eigenvalue weighted by atomic mass is 10.1. The second-order valence-electron chi connectivity index (χ2n) is 5.59.